The number of para-hydroxylation sites is 2. The maximum absolute atomic E-state index is 12.9. The van der Waals surface area contributed by atoms with Gasteiger partial charge < -0.3 is 20.1 Å². The van der Waals surface area contributed by atoms with Gasteiger partial charge in [-0.1, -0.05) is 36.4 Å². The van der Waals surface area contributed by atoms with Gasteiger partial charge in [0.25, 0.3) is 17.1 Å². The topological polar surface area (TPSA) is 114 Å². The first-order valence-corrected chi connectivity index (χ1v) is 12.6. The highest BCUT2D eigenvalue weighted by Crippen LogP contribution is 2.34. The third-order valence-electron chi connectivity index (χ3n) is 5.25. The normalized spacial score (nSPS) is 13.9. The van der Waals surface area contributed by atoms with Crippen molar-refractivity contribution in [2.24, 2.45) is 0 Å². The van der Waals surface area contributed by atoms with Crippen molar-refractivity contribution in [3.8, 4) is 11.5 Å². The number of rotatable bonds is 10. The van der Waals surface area contributed by atoms with Crippen molar-refractivity contribution >= 4 is 52.2 Å². The maximum atomic E-state index is 12.9. The number of ether oxygens (including phenoxy) is 2. The summed E-state index contributed by atoms with van der Waals surface area (Å²) in [6.45, 7) is 1.73. The van der Waals surface area contributed by atoms with Crippen molar-refractivity contribution in [1.82, 2.24) is 4.90 Å². The average Bonchev–Trinajstić information content (AvgIpc) is 3.17. The minimum absolute atomic E-state index is 0.147. The first-order valence-electron chi connectivity index (χ1n) is 11.8. The Kier molecular flexibility index (Phi) is 8.78. The van der Waals surface area contributed by atoms with Crippen LogP contribution in [0.5, 0.6) is 11.5 Å². The van der Waals surface area contributed by atoms with Gasteiger partial charge >= 0.3 is 0 Å². The number of carbonyl (C=O) groups is 4. The summed E-state index contributed by atoms with van der Waals surface area (Å²) in [4.78, 5) is 51.2. The van der Waals surface area contributed by atoms with Crippen molar-refractivity contribution < 1.29 is 28.7 Å². The van der Waals surface area contributed by atoms with Crippen LogP contribution >= 0.6 is 11.8 Å². The Morgan fingerprint density at radius 3 is 2.24 bits per heavy atom. The van der Waals surface area contributed by atoms with E-state index < -0.39 is 23.6 Å². The van der Waals surface area contributed by atoms with E-state index in [1.807, 2.05) is 25.1 Å². The number of anilines is 2. The number of thioether (sulfide) groups is 1. The predicted octanol–water partition coefficient (Wildman–Crippen LogP) is 4.78. The van der Waals surface area contributed by atoms with Crippen LogP contribution < -0.4 is 20.1 Å². The van der Waals surface area contributed by atoms with Crippen LogP contribution in [0.25, 0.3) is 6.08 Å². The van der Waals surface area contributed by atoms with Crippen LogP contribution in [0.15, 0.2) is 83.8 Å². The summed E-state index contributed by atoms with van der Waals surface area (Å²) in [5, 5.41) is 4.85. The molecular formula is C28H25N3O6S. The quantitative estimate of drug-likeness (QED) is 0.362. The summed E-state index contributed by atoms with van der Waals surface area (Å²) < 4.78 is 11.0. The monoisotopic (exact) mass is 531 g/mol. The van der Waals surface area contributed by atoms with E-state index >= 15 is 0 Å². The highest BCUT2D eigenvalue weighted by atomic mass is 32.2. The highest BCUT2D eigenvalue weighted by Gasteiger charge is 2.36. The minimum atomic E-state index is -0.585. The van der Waals surface area contributed by atoms with Crippen LogP contribution in [0.4, 0.5) is 16.2 Å². The molecule has 4 amide bonds. The summed E-state index contributed by atoms with van der Waals surface area (Å²) in [6.07, 6.45) is 1.51. The van der Waals surface area contributed by atoms with Gasteiger partial charge in [-0.05, 0) is 67.2 Å². The fraction of sp³-hybridized carbons (Fsp3) is 0.143. The molecule has 1 aliphatic heterocycles. The van der Waals surface area contributed by atoms with Gasteiger partial charge in [-0.3, -0.25) is 24.1 Å². The van der Waals surface area contributed by atoms with E-state index in [-0.39, 0.29) is 17.4 Å². The van der Waals surface area contributed by atoms with Gasteiger partial charge in [0.1, 0.15) is 18.0 Å². The van der Waals surface area contributed by atoms with Crippen LogP contribution in [0.2, 0.25) is 0 Å². The molecule has 0 saturated carbocycles. The molecular weight excluding hydrogens is 506 g/mol. The molecule has 0 unspecified atom stereocenters. The molecule has 10 heteroatoms. The average molecular weight is 532 g/mol. The van der Waals surface area contributed by atoms with Crippen LogP contribution in [0, 0.1) is 0 Å². The van der Waals surface area contributed by atoms with Gasteiger partial charge in [-0.2, -0.15) is 0 Å². The van der Waals surface area contributed by atoms with Crippen LogP contribution in [-0.2, 0) is 14.4 Å². The van der Waals surface area contributed by atoms with E-state index in [0.29, 0.717) is 35.0 Å². The Morgan fingerprint density at radius 2 is 1.50 bits per heavy atom. The largest absolute Gasteiger partial charge is 0.494 e. The van der Waals surface area contributed by atoms with Crippen molar-refractivity contribution in [3.05, 3.63) is 89.3 Å². The molecule has 0 radical (unpaired) electrons. The molecule has 0 bridgehead atoms. The standard InChI is InChI=1S/C28H25N3O6S/c1-2-36-22-14-12-21(13-15-22)29-25(32)17-31-27(34)24(38-28(31)35)16-19-8-6-7-11-23(19)37-18-26(33)30-20-9-4-3-5-10-20/h3-16H,2,17-18H2,1H3,(H,29,32)(H,30,33)/b24-16+. The SMILES string of the molecule is CCOc1ccc(NC(=O)CN2C(=O)S/C(=C/c3ccccc3OCC(=O)Nc3ccccc3)C2=O)cc1. The van der Waals surface area contributed by atoms with Crippen molar-refractivity contribution in [2.75, 3.05) is 30.4 Å². The van der Waals surface area contributed by atoms with Crippen molar-refractivity contribution in [1.29, 1.82) is 0 Å². The molecule has 1 aliphatic rings. The van der Waals surface area contributed by atoms with Crippen LogP contribution in [0.3, 0.4) is 0 Å². The molecule has 1 saturated heterocycles. The lowest BCUT2D eigenvalue weighted by atomic mass is 10.2. The molecule has 4 rings (SSSR count). The second-order valence-corrected chi connectivity index (χ2v) is 9.01. The van der Waals surface area contributed by atoms with E-state index in [1.165, 1.54) is 6.08 Å². The molecule has 194 valence electrons. The molecule has 2 N–H and O–H groups in total. The second kappa shape index (κ2) is 12.6. The van der Waals surface area contributed by atoms with E-state index in [9.17, 15) is 19.2 Å². The molecule has 3 aromatic carbocycles. The van der Waals surface area contributed by atoms with E-state index in [0.717, 1.165) is 16.7 Å². The fourth-order valence-corrected chi connectivity index (χ4v) is 4.35. The van der Waals surface area contributed by atoms with Crippen molar-refractivity contribution in [2.45, 2.75) is 6.92 Å². The number of nitrogens with zero attached hydrogens (tertiary/aromatic N) is 1. The van der Waals surface area contributed by atoms with Crippen LogP contribution in [0.1, 0.15) is 12.5 Å². The third-order valence-corrected chi connectivity index (χ3v) is 6.15. The number of nitrogens with one attached hydrogen (secondary N) is 2. The Morgan fingerprint density at radius 1 is 0.842 bits per heavy atom. The smallest absolute Gasteiger partial charge is 0.294 e. The maximum Gasteiger partial charge on any atom is 0.294 e. The number of hydrogen-bond acceptors (Lipinski definition) is 7. The van der Waals surface area contributed by atoms with Gasteiger partial charge in [-0.25, -0.2) is 0 Å². The predicted molar refractivity (Wildman–Crippen MR) is 146 cm³/mol. The molecule has 9 nitrogen and oxygen atoms in total. The number of hydrogen-bond donors (Lipinski definition) is 2. The lowest BCUT2D eigenvalue weighted by molar-refractivity contribution is -0.127. The zero-order valence-corrected chi connectivity index (χ0v) is 21.3. The Labute approximate surface area is 223 Å². The zero-order chi connectivity index (χ0) is 26.9. The number of amides is 4. The van der Waals surface area contributed by atoms with Gasteiger partial charge in [0, 0.05) is 16.9 Å². The molecule has 0 spiro atoms. The molecule has 0 aliphatic carbocycles. The van der Waals surface area contributed by atoms with Crippen LogP contribution in [-0.4, -0.2) is 47.6 Å². The zero-order valence-electron chi connectivity index (χ0n) is 20.5. The highest BCUT2D eigenvalue weighted by molar-refractivity contribution is 8.18. The number of carbonyl (C=O) groups excluding carboxylic acids is 4. The molecule has 0 atom stereocenters. The van der Waals surface area contributed by atoms with Gasteiger partial charge in [0.2, 0.25) is 5.91 Å². The molecule has 1 heterocycles. The molecule has 3 aromatic rings. The summed E-state index contributed by atoms with van der Waals surface area (Å²) in [7, 11) is 0. The van der Waals surface area contributed by atoms with E-state index in [2.05, 4.69) is 10.6 Å². The lowest BCUT2D eigenvalue weighted by Gasteiger charge is -2.13. The van der Waals surface area contributed by atoms with E-state index in [1.54, 1.807) is 60.7 Å². The Balaban J connectivity index is 1.37. The van der Waals surface area contributed by atoms with Gasteiger partial charge in [0.05, 0.1) is 11.5 Å². The summed E-state index contributed by atoms with van der Waals surface area (Å²) in [5.41, 5.74) is 1.68. The fourth-order valence-electron chi connectivity index (χ4n) is 3.52. The first kappa shape index (κ1) is 26.5. The van der Waals surface area contributed by atoms with Gasteiger partial charge in [0.15, 0.2) is 6.61 Å². The van der Waals surface area contributed by atoms with E-state index in [4.69, 9.17) is 9.47 Å². The third kappa shape index (κ3) is 7.01. The summed E-state index contributed by atoms with van der Waals surface area (Å²) in [5.74, 6) is -0.396. The first-order chi connectivity index (χ1) is 18.4. The Hall–Kier alpha value is -4.57. The second-order valence-electron chi connectivity index (χ2n) is 8.01. The van der Waals surface area contributed by atoms with Crippen molar-refractivity contribution in [3.63, 3.8) is 0 Å². The molecule has 1 fully saturated rings. The Bertz CT molecular complexity index is 1360. The molecule has 0 aromatic heterocycles. The lowest BCUT2D eigenvalue weighted by Crippen LogP contribution is -2.36. The summed E-state index contributed by atoms with van der Waals surface area (Å²) in [6, 6.07) is 22.6. The van der Waals surface area contributed by atoms with Gasteiger partial charge in [-0.15, -0.1) is 0 Å². The minimum Gasteiger partial charge on any atom is -0.494 e. The molecule has 38 heavy (non-hydrogen) atoms. The summed E-state index contributed by atoms with van der Waals surface area (Å²) >= 11 is 0.734. The number of imide groups is 1. The number of benzene rings is 3.